The van der Waals surface area contributed by atoms with E-state index in [0.29, 0.717) is 30.2 Å². The molecule has 0 radical (unpaired) electrons. The van der Waals surface area contributed by atoms with Crippen molar-refractivity contribution in [1.82, 2.24) is 5.43 Å². The van der Waals surface area contributed by atoms with Crippen molar-refractivity contribution in [3.05, 3.63) is 71.8 Å². The fraction of sp³-hybridized carbons (Fsp3) is 0.143. The first kappa shape index (κ1) is 16.1. The van der Waals surface area contributed by atoms with E-state index in [9.17, 15) is 4.79 Å². The average molecular weight is 346 g/mol. The summed E-state index contributed by atoms with van der Waals surface area (Å²) in [6, 6.07) is 19.1. The quantitative estimate of drug-likeness (QED) is 0.580. The number of carbonyl (C=O) groups is 1. The minimum absolute atomic E-state index is 0.237. The molecule has 0 saturated heterocycles. The van der Waals surface area contributed by atoms with Crippen molar-refractivity contribution in [3.63, 3.8) is 0 Å². The standard InChI is InChI=1S/C21H18N2O3/c1-14(16-9-10-19-20(13-16)26-12-11-25-19)22-23-21(24)18-8-4-6-15-5-2-3-7-17(15)18/h2-10,13H,11-12H2,1H3,(H,23,24)/b22-14-. The molecule has 0 aliphatic carbocycles. The Morgan fingerprint density at radius 2 is 1.73 bits per heavy atom. The number of nitrogens with zero attached hydrogens (tertiary/aromatic N) is 1. The highest BCUT2D eigenvalue weighted by Gasteiger charge is 2.13. The number of fused-ring (bicyclic) bond motifs is 2. The molecule has 1 heterocycles. The smallest absolute Gasteiger partial charge is 0.272 e. The third-order valence-electron chi connectivity index (χ3n) is 4.32. The van der Waals surface area contributed by atoms with Crippen LogP contribution in [0.25, 0.3) is 10.8 Å². The van der Waals surface area contributed by atoms with E-state index < -0.39 is 0 Å². The van der Waals surface area contributed by atoms with Crippen LogP contribution in [0.15, 0.2) is 65.8 Å². The number of carbonyl (C=O) groups excluding carboxylic acids is 1. The van der Waals surface area contributed by atoms with Crippen LogP contribution in [-0.4, -0.2) is 24.8 Å². The van der Waals surface area contributed by atoms with Crippen LogP contribution >= 0.6 is 0 Å². The molecular weight excluding hydrogens is 328 g/mol. The summed E-state index contributed by atoms with van der Waals surface area (Å²) < 4.78 is 11.1. The van der Waals surface area contributed by atoms with Crippen molar-refractivity contribution >= 4 is 22.4 Å². The van der Waals surface area contributed by atoms with Gasteiger partial charge in [0.1, 0.15) is 13.2 Å². The van der Waals surface area contributed by atoms with Crippen molar-refractivity contribution in [2.45, 2.75) is 6.92 Å². The summed E-state index contributed by atoms with van der Waals surface area (Å²) in [6.07, 6.45) is 0. The molecule has 1 aliphatic rings. The lowest BCUT2D eigenvalue weighted by Gasteiger charge is -2.18. The van der Waals surface area contributed by atoms with Crippen LogP contribution in [0.5, 0.6) is 11.5 Å². The zero-order chi connectivity index (χ0) is 17.9. The van der Waals surface area contributed by atoms with Crippen LogP contribution in [0.2, 0.25) is 0 Å². The molecule has 3 aromatic carbocycles. The second-order valence-corrected chi connectivity index (χ2v) is 6.02. The van der Waals surface area contributed by atoms with E-state index in [1.54, 1.807) is 6.07 Å². The van der Waals surface area contributed by atoms with E-state index in [-0.39, 0.29) is 5.91 Å². The summed E-state index contributed by atoms with van der Waals surface area (Å²) >= 11 is 0. The fourth-order valence-corrected chi connectivity index (χ4v) is 2.95. The first-order chi connectivity index (χ1) is 12.7. The molecule has 4 rings (SSSR count). The van der Waals surface area contributed by atoms with Gasteiger partial charge in [-0.1, -0.05) is 36.4 Å². The van der Waals surface area contributed by atoms with Gasteiger partial charge >= 0.3 is 0 Å². The summed E-state index contributed by atoms with van der Waals surface area (Å²) in [6.45, 7) is 2.93. The first-order valence-corrected chi connectivity index (χ1v) is 8.45. The molecule has 1 amide bonds. The van der Waals surface area contributed by atoms with Gasteiger partial charge in [-0.05, 0) is 42.0 Å². The molecule has 5 heteroatoms. The van der Waals surface area contributed by atoms with Gasteiger partial charge in [-0.25, -0.2) is 5.43 Å². The second-order valence-electron chi connectivity index (χ2n) is 6.02. The van der Waals surface area contributed by atoms with Crippen molar-refractivity contribution in [3.8, 4) is 11.5 Å². The lowest BCUT2D eigenvalue weighted by molar-refractivity contribution is 0.0956. The van der Waals surface area contributed by atoms with Gasteiger partial charge in [-0.3, -0.25) is 4.79 Å². The number of amides is 1. The summed E-state index contributed by atoms with van der Waals surface area (Å²) in [7, 11) is 0. The second kappa shape index (κ2) is 6.88. The lowest BCUT2D eigenvalue weighted by atomic mass is 10.0. The fourth-order valence-electron chi connectivity index (χ4n) is 2.95. The van der Waals surface area contributed by atoms with E-state index >= 15 is 0 Å². The minimum Gasteiger partial charge on any atom is -0.486 e. The molecule has 5 nitrogen and oxygen atoms in total. The van der Waals surface area contributed by atoms with Crippen LogP contribution in [0.4, 0.5) is 0 Å². The Bertz CT molecular complexity index is 1010. The van der Waals surface area contributed by atoms with Gasteiger partial charge in [-0.15, -0.1) is 0 Å². The van der Waals surface area contributed by atoms with Crippen LogP contribution in [-0.2, 0) is 0 Å². The number of hydrogen-bond acceptors (Lipinski definition) is 4. The molecule has 0 unspecified atom stereocenters. The molecule has 0 fully saturated rings. The Morgan fingerprint density at radius 3 is 2.62 bits per heavy atom. The van der Waals surface area contributed by atoms with E-state index in [1.807, 2.05) is 61.5 Å². The van der Waals surface area contributed by atoms with E-state index in [1.165, 1.54) is 0 Å². The molecule has 0 saturated carbocycles. The van der Waals surface area contributed by atoms with Crippen molar-refractivity contribution in [1.29, 1.82) is 0 Å². The summed E-state index contributed by atoms with van der Waals surface area (Å²) in [5.74, 6) is 1.19. The number of ether oxygens (including phenoxy) is 2. The lowest BCUT2D eigenvalue weighted by Crippen LogP contribution is -2.20. The third kappa shape index (κ3) is 3.11. The van der Waals surface area contributed by atoms with Crippen LogP contribution in [0.1, 0.15) is 22.8 Å². The van der Waals surface area contributed by atoms with E-state index in [4.69, 9.17) is 9.47 Å². The Kier molecular flexibility index (Phi) is 4.27. The molecule has 26 heavy (non-hydrogen) atoms. The van der Waals surface area contributed by atoms with Gasteiger partial charge in [0.15, 0.2) is 11.5 Å². The van der Waals surface area contributed by atoms with Crippen LogP contribution in [0.3, 0.4) is 0 Å². The average Bonchev–Trinajstić information content (AvgIpc) is 2.71. The maximum atomic E-state index is 12.6. The topological polar surface area (TPSA) is 59.9 Å². The maximum Gasteiger partial charge on any atom is 0.272 e. The predicted molar refractivity (Wildman–Crippen MR) is 101 cm³/mol. The molecular formula is C21H18N2O3. The maximum absolute atomic E-state index is 12.6. The highest BCUT2D eigenvalue weighted by Crippen LogP contribution is 2.30. The van der Waals surface area contributed by atoms with Crippen LogP contribution < -0.4 is 14.9 Å². The summed E-state index contributed by atoms with van der Waals surface area (Å²) in [5, 5.41) is 6.17. The zero-order valence-electron chi connectivity index (χ0n) is 14.4. The van der Waals surface area contributed by atoms with E-state index in [2.05, 4.69) is 10.5 Å². The van der Waals surface area contributed by atoms with Gasteiger partial charge in [0.05, 0.1) is 5.71 Å². The first-order valence-electron chi connectivity index (χ1n) is 8.45. The monoisotopic (exact) mass is 346 g/mol. The van der Waals surface area contributed by atoms with Gasteiger partial charge in [0.2, 0.25) is 0 Å². The predicted octanol–water partition coefficient (Wildman–Crippen LogP) is 3.77. The molecule has 1 N–H and O–H groups in total. The summed E-state index contributed by atoms with van der Waals surface area (Å²) in [5.41, 5.74) is 4.80. The Hall–Kier alpha value is -3.34. The summed E-state index contributed by atoms with van der Waals surface area (Å²) in [4.78, 5) is 12.6. The minimum atomic E-state index is -0.237. The van der Waals surface area contributed by atoms with Gasteiger partial charge in [0.25, 0.3) is 5.91 Å². The van der Waals surface area contributed by atoms with Crippen molar-refractivity contribution in [2.75, 3.05) is 13.2 Å². The number of benzene rings is 3. The Labute approximate surface area is 151 Å². The molecule has 0 aromatic heterocycles. The van der Waals surface area contributed by atoms with Crippen molar-refractivity contribution in [2.24, 2.45) is 5.10 Å². The largest absolute Gasteiger partial charge is 0.486 e. The third-order valence-corrected chi connectivity index (χ3v) is 4.32. The molecule has 0 spiro atoms. The SMILES string of the molecule is C/C(=N/NC(=O)c1cccc2ccccc12)c1ccc2c(c1)OCCO2. The molecule has 1 aliphatic heterocycles. The highest BCUT2D eigenvalue weighted by atomic mass is 16.6. The molecule has 0 bridgehead atoms. The number of nitrogens with one attached hydrogen (secondary N) is 1. The Balaban J connectivity index is 1.56. The van der Waals surface area contributed by atoms with E-state index in [0.717, 1.165) is 22.1 Å². The van der Waals surface area contributed by atoms with Gasteiger partial charge in [0, 0.05) is 11.1 Å². The number of rotatable bonds is 3. The Morgan fingerprint density at radius 1 is 0.962 bits per heavy atom. The normalized spacial score (nSPS) is 13.5. The van der Waals surface area contributed by atoms with Crippen molar-refractivity contribution < 1.29 is 14.3 Å². The van der Waals surface area contributed by atoms with Gasteiger partial charge in [-0.2, -0.15) is 5.10 Å². The molecule has 3 aromatic rings. The number of hydrogen-bond donors (Lipinski definition) is 1. The number of hydrazone groups is 1. The highest BCUT2D eigenvalue weighted by molar-refractivity contribution is 6.08. The van der Waals surface area contributed by atoms with Gasteiger partial charge < -0.3 is 9.47 Å². The molecule has 130 valence electrons. The van der Waals surface area contributed by atoms with Crippen LogP contribution in [0, 0.1) is 0 Å². The zero-order valence-corrected chi connectivity index (χ0v) is 14.4. The molecule has 0 atom stereocenters.